The molecule has 3 nitrogen and oxygen atoms in total. The van der Waals surface area contributed by atoms with Gasteiger partial charge in [-0.15, -0.1) is 0 Å². The molecule has 0 saturated carbocycles. The first-order valence-corrected chi connectivity index (χ1v) is 4.46. The number of carbonyl (C=O) groups is 1. The van der Waals surface area contributed by atoms with E-state index in [1.807, 2.05) is 20.8 Å². The molecule has 0 aromatic heterocycles. The largest absolute Gasteiger partial charge is 0.355 e. The highest BCUT2D eigenvalue weighted by Gasteiger charge is 2.19. The first-order valence-electron chi connectivity index (χ1n) is 4.46. The number of Topliss-reactive ketones (excluding diaryl/α,β-unsaturated/α-hetero) is 1. The van der Waals surface area contributed by atoms with Crippen molar-refractivity contribution in [2.24, 2.45) is 5.41 Å². The third-order valence-corrected chi connectivity index (χ3v) is 1.65. The van der Waals surface area contributed by atoms with Crippen LogP contribution in [0.5, 0.6) is 0 Å². The highest BCUT2D eigenvalue weighted by molar-refractivity contribution is 5.79. The van der Waals surface area contributed by atoms with Crippen molar-refractivity contribution in [3.63, 3.8) is 0 Å². The minimum absolute atomic E-state index is 0.0448. The molecule has 0 saturated heterocycles. The molecule has 0 aromatic carbocycles. The Morgan fingerprint density at radius 1 is 1.23 bits per heavy atom. The molecule has 0 aliphatic carbocycles. The molecule has 0 bridgehead atoms. The van der Waals surface area contributed by atoms with Crippen molar-refractivity contribution in [2.45, 2.75) is 39.9 Å². The molecule has 3 heteroatoms. The molecule has 0 heterocycles. The predicted octanol–water partition coefficient (Wildman–Crippen LogP) is 2.00. The van der Waals surface area contributed by atoms with E-state index >= 15 is 0 Å². The van der Waals surface area contributed by atoms with Crippen LogP contribution in [0.1, 0.15) is 33.6 Å². The Hall–Kier alpha value is -0.410. The topological polar surface area (TPSA) is 35.5 Å². The molecular weight excluding hydrogens is 168 g/mol. The molecule has 0 N–H and O–H groups in total. The summed E-state index contributed by atoms with van der Waals surface area (Å²) < 4.78 is 9.88. The van der Waals surface area contributed by atoms with E-state index in [9.17, 15) is 4.79 Å². The van der Waals surface area contributed by atoms with Crippen molar-refractivity contribution in [1.29, 1.82) is 0 Å². The number of hydrogen-bond acceptors (Lipinski definition) is 3. The summed E-state index contributed by atoms with van der Waals surface area (Å²) in [6.07, 6.45) is 0.510. The van der Waals surface area contributed by atoms with Gasteiger partial charge < -0.3 is 9.47 Å². The summed E-state index contributed by atoms with van der Waals surface area (Å²) in [5.41, 5.74) is 0.0448. The van der Waals surface area contributed by atoms with Crippen LogP contribution in [-0.4, -0.2) is 26.3 Å². The van der Waals surface area contributed by atoms with Crippen LogP contribution < -0.4 is 0 Å². The molecule has 0 aliphatic rings. The number of ether oxygens (including phenoxy) is 2. The minimum Gasteiger partial charge on any atom is -0.355 e. The Kier molecular flexibility index (Phi) is 5.18. The molecule has 0 rings (SSSR count). The van der Waals surface area contributed by atoms with Gasteiger partial charge in [-0.05, 0) is 5.41 Å². The van der Waals surface area contributed by atoms with Crippen LogP contribution in [0.4, 0.5) is 0 Å². The minimum atomic E-state index is -0.394. The number of rotatable bonds is 5. The van der Waals surface area contributed by atoms with Crippen LogP contribution >= 0.6 is 0 Å². The second-order valence-electron chi connectivity index (χ2n) is 4.38. The van der Waals surface area contributed by atoms with Crippen LogP contribution in [-0.2, 0) is 14.3 Å². The highest BCUT2D eigenvalue weighted by atomic mass is 16.7. The van der Waals surface area contributed by atoms with Crippen LogP contribution in [0.15, 0.2) is 0 Å². The van der Waals surface area contributed by atoms with Crippen molar-refractivity contribution < 1.29 is 14.3 Å². The predicted molar refractivity (Wildman–Crippen MR) is 51.5 cm³/mol. The standard InChI is InChI=1S/C10H20O3/c1-10(2,3)7-8(11)6-9(12-4)13-5/h9H,6-7H2,1-5H3. The van der Waals surface area contributed by atoms with Gasteiger partial charge in [-0.1, -0.05) is 20.8 Å². The van der Waals surface area contributed by atoms with E-state index in [2.05, 4.69) is 0 Å². The van der Waals surface area contributed by atoms with E-state index < -0.39 is 6.29 Å². The molecule has 0 aliphatic heterocycles. The third kappa shape index (κ3) is 6.72. The normalized spacial score (nSPS) is 12.2. The van der Waals surface area contributed by atoms with Gasteiger partial charge in [0.2, 0.25) is 0 Å². The van der Waals surface area contributed by atoms with Gasteiger partial charge >= 0.3 is 0 Å². The molecule has 0 spiro atoms. The lowest BCUT2D eigenvalue weighted by Gasteiger charge is -2.18. The van der Waals surface area contributed by atoms with Gasteiger partial charge in [-0.2, -0.15) is 0 Å². The maximum Gasteiger partial charge on any atom is 0.163 e. The number of carbonyl (C=O) groups excluding carboxylic acids is 1. The number of hydrogen-bond donors (Lipinski definition) is 0. The van der Waals surface area contributed by atoms with Crippen LogP contribution in [0.25, 0.3) is 0 Å². The fourth-order valence-electron chi connectivity index (χ4n) is 1.11. The first kappa shape index (κ1) is 12.6. The molecule has 0 atom stereocenters. The molecule has 0 amide bonds. The Balaban J connectivity index is 3.86. The van der Waals surface area contributed by atoms with Gasteiger partial charge in [-0.3, -0.25) is 4.79 Å². The first-order chi connectivity index (χ1) is 5.89. The molecule has 78 valence electrons. The van der Waals surface area contributed by atoms with Gasteiger partial charge in [0, 0.05) is 20.6 Å². The average molecular weight is 188 g/mol. The highest BCUT2D eigenvalue weighted by Crippen LogP contribution is 2.20. The molecule has 13 heavy (non-hydrogen) atoms. The van der Waals surface area contributed by atoms with Gasteiger partial charge in [0.05, 0.1) is 6.42 Å². The summed E-state index contributed by atoms with van der Waals surface area (Å²) in [6, 6.07) is 0. The summed E-state index contributed by atoms with van der Waals surface area (Å²) >= 11 is 0. The maximum atomic E-state index is 11.4. The van der Waals surface area contributed by atoms with E-state index in [4.69, 9.17) is 9.47 Å². The number of ketones is 1. The van der Waals surface area contributed by atoms with Gasteiger partial charge in [0.1, 0.15) is 5.78 Å². The van der Waals surface area contributed by atoms with Gasteiger partial charge in [0.15, 0.2) is 6.29 Å². The summed E-state index contributed by atoms with van der Waals surface area (Å²) in [5, 5.41) is 0. The second-order valence-corrected chi connectivity index (χ2v) is 4.38. The summed E-state index contributed by atoms with van der Waals surface area (Å²) in [4.78, 5) is 11.4. The van der Waals surface area contributed by atoms with Crippen LogP contribution in [0, 0.1) is 5.41 Å². The molecule has 0 aromatic rings. The second kappa shape index (κ2) is 5.35. The van der Waals surface area contributed by atoms with Crippen LogP contribution in [0.2, 0.25) is 0 Å². The Bertz CT molecular complexity index is 154. The molecule has 0 radical (unpaired) electrons. The van der Waals surface area contributed by atoms with Gasteiger partial charge in [-0.25, -0.2) is 0 Å². The Morgan fingerprint density at radius 3 is 2.00 bits per heavy atom. The summed E-state index contributed by atoms with van der Waals surface area (Å²) in [6.45, 7) is 6.12. The smallest absolute Gasteiger partial charge is 0.163 e. The zero-order valence-corrected chi connectivity index (χ0v) is 9.22. The van der Waals surface area contributed by atoms with Gasteiger partial charge in [0.25, 0.3) is 0 Å². The molecule has 0 fully saturated rings. The van der Waals surface area contributed by atoms with E-state index in [1.54, 1.807) is 14.2 Å². The summed E-state index contributed by atoms with van der Waals surface area (Å²) in [5.74, 6) is 0.182. The van der Waals surface area contributed by atoms with E-state index in [0.29, 0.717) is 12.8 Å². The lowest BCUT2D eigenvalue weighted by molar-refractivity contribution is -0.138. The quantitative estimate of drug-likeness (QED) is 0.619. The fraction of sp³-hybridized carbons (Fsp3) is 0.900. The van der Waals surface area contributed by atoms with E-state index in [-0.39, 0.29) is 11.2 Å². The SMILES string of the molecule is COC(CC(=O)CC(C)(C)C)OC. The van der Waals surface area contributed by atoms with E-state index in [0.717, 1.165) is 0 Å². The van der Waals surface area contributed by atoms with E-state index in [1.165, 1.54) is 0 Å². The maximum absolute atomic E-state index is 11.4. The zero-order chi connectivity index (χ0) is 10.5. The average Bonchev–Trinajstić information content (AvgIpc) is 1.96. The zero-order valence-electron chi connectivity index (χ0n) is 9.22. The molecule has 0 unspecified atom stereocenters. The Labute approximate surface area is 80.4 Å². The molecular formula is C10H20O3. The monoisotopic (exact) mass is 188 g/mol. The van der Waals surface area contributed by atoms with Crippen LogP contribution in [0.3, 0.4) is 0 Å². The fourth-order valence-corrected chi connectivity index (χ4v) is 1.11. The lowest BCUT2D eigenvalue weighted by Crippen LogP contribution is -2.21. The third-order valence-electron chi connectivity index (χ3n) is 1.65. The van der Waals surface area contributed by atoms with Crippen molar-refractivity contribution in [3.05, 3.63) is 0 Å². The van der Waals surface area contributed by atoms with Crippen molar-refractivity contribution in [1.82, 2.24) is 0 Å². The van der Waals surface area contributed by atoms with Crippen molar-refractivity contribution in [2.75, 3.05) is 14.2 Å². The number of methoxy groups -OCH3 is 2. The van der Waals surface area contributed by atoms with Crippen molar-refractivity contribution >= 4 is 5.78 Å². The lowest BCUT2D eigenvalue weighted by atomic mass is 9.89. The Morgan fingerprint density at radius 2 is 1.69 bits per heavy atom. The van der Waals surface area contributed by atoms with Crippen molar-refractivity contribution in [3.8, 4) is 0 Å². The summed E-state index contributed by atoms with van der Waals surface area (Å²) in [7, 11) is 3.08.